The van der Waals surface area contributed by atoms with Gasteiger partial charge in [0.1, 0.15) is 0 Å². The highest BCUT2D eigenvalue weighted by Gasteiger charge is 1.92. The fourth-order valence-corrected chi connectivity index (χ4v) is 0.567. The molecule has 2 N–H and O–H groups in total. The van der Waals surface area contributed by atoms with Gasteiger partial charge in [-0.15, -0.1) is 6.58 Å². The summed E-state index contributed by atoms with van der Waals surface area (Å²) in [5, 5.41) is 11.0. The number of allylic oxidation sites excluding steroid dienone is 1. The van der Waals surface area contributed by atoms with Crippen LogP contribution in [-0.4, -0.2) is 24.2 Å². The van der Waals surface area contributed by atoms with Gasteiger partial charge in [-0.05, 0) is 19.4 Å². The van der Waals surface area contributed by atoms with Crippen molar-refractivity contribution in [3.8, 4) is 0 Å². The molecule has 0 aliphatic carbocycles. The number of hydrogen-bond acceptors (Lipinski definition) is 2. The van der Waals surface area contributed by atoms with E-state index in [0.717, 1.165) is 19.4 Å². The first-order valence-electron chi connectivity index (χ1n) is 3.30. The van der Waals surface area contributed by atoms with E-state index in [4.69, 9.17) is 5.11 Å². The van der Waals surface area contributed by atoms with Crippen LogP contribution in [0.15, 0.2) is 12.7 Å². The lowest BCUT2D eigenvalue weighted by atomic mass is 10.3. The molecule has 0 amide bonds. The van der Waals surface area contributed by atoms with E-state index in [-0.39, 0.29) is 6.54 Å². The van der Waals surface area contributed by atoms with E-state index in [2.05, 4.69) is 11.9 Å². The van der Waals surface area contributed by atoms with E-state index in [1.165, 1.54) is 0 Å². The van der Waals surface area contributed by atoms with Crippen LogP contribution in [0.4, 0.5) is 0 Å². The van der Waals surface area contributed by atoms with Gasteiger partial charge in [-0.3, -0.25) is 4.79 Å². The van der Waals surface area contributed by atoms with Crippen molar-refractivity contribution in [1.29, 1.82) is 0 Å². The van der Waals surface area contributed by atoms with Crippen LogP contribution in [0.3, 0.4) is 0 Å². The molecule has 58 valence electrons. The summed E-state index contributed by atoms with van der Waals surface area (Å²) in [6, 6.07) is 0. The Morgan fingerprint density at radius 1 is 1.70 bits per heavy atom. The minimum absolute atomic E-state index is 0.0527. The van der Waals surface area contributed by atoms with Crippen LogP contribution in [0.25, 0.3) is 0 Å². The van der Waals surface area contributed by atoms with Gasteiger partial charge < -0.3 is 10.4 Å². The summed E-state index contributed by atoms with van der Waals surface area (Å²) < 4.78 is 0. The Bertz CT molecular complexity index is 112. The highest BCUT2D eigenvalue weighted by atomic mass is 16.4. The zero-order valence-corrected chi connectivity index (χ0v) is 5.97. The van der Waals surface area contributed by atoms with Gasteiger partial charge in [0, 0.05) is 0 Å². The molecule has 0 saturated carbocycles. The topological polar surface area (TPSA) is 49.3 Å². The fourth-order valence-electron chi connectivity index (χ4n) is 0.567. The second-order valence-corrected chi connectivity index (χ2v) is 2.00. The second kappa shape index (κ2) is 6.29. The van der Waals surface area contributed by atoms with Crippen LogP contribution in [0.1, 0.15) is 12.8 Å². The molecule has 0 aromatic rings. The average molecular weight is 143 g/mol. The van der Waals surface area contributed by atoms with Crippen molar-refractivity contribution in [1.82, 2.24) is 5.32 Å². The van der Waals surface area contributed by atoms with Gasteiger partial charge in [-0.25, -0.2) is 0 Å². The van der Waals surface area contributed by atoms with E-state index >= 15 is 0 Å². The summed E-state index contributed by atoms with van der Waals surface area (Å²) in [4.78, 5) is 9.95. The molecule has 10 heavy (non-hydrogen) atoms. The monoisotopic (exact) mass is 143 g/mol. The Hall–Kier alpha value is -0.830. The Morgan fingerprint density at radius 3 is 2.90 bits per heavy atom. The van der Waals surface area contributed by atoms with Crippen LogP contribution in [-0.2, 0) is 4.79 Å². The molecule has 0 heterocycles. The lowest BCUT2D eigenvalue weighted by molar-refractivity contribution is -0.135. The molecular weight excluding hydrogens is 130 g/mol. The lowest BCUT2D eigenvalue weighted by Crippen LogP contribution is -2.23. The Labute approximate surface area is 60.7 Å². The maximum atomic E-state index is 9.95. The first-order chi connectivity index (χ1) is 4.77. The summed E-state index contributed by atoms with van der Waals surface area (Å²) in [6.07, 6.45) is 3.71. The molecule has 0 saturated heterocycles. The largest absolute Gasteiger partial charge is 0.480 e. The maximum Gasteiger partial charge on any atom is 0.317 e. The third-order valence-corrected chi connectivity index (χ3v) is 1.04. The number of nitrogens with one attached hydrogen (secondary N) is 1. The standard InChI is InChI=1S/C7H13NO2/c1-2-3-4-5-8-6-7(9)10/h2,8H,1,3-6H2,(H,9,10). The van der Waals surface area contributed by atoms with Crippen LogP contribution in [0.2, 0.25) is 0 Å². The molecule has 0 unspecified atom stereocenters. The zero-order chi connectivity index (χ0) is 7.82. The van der Waals surface area contributed by atoms with Crippen molar-refractivity contribution in [2.45, 2.75) is 12.8 Å². The predicted molar refractivity (Wildman–Crippen MR) is 39.9 cm³/mol. The van der Waals surface area contributed by atoms with E-state index in [1.807, 2.05) is 6.08 Å². The summed E-state index contributed by atoms with van der Waals surface area (Å²) in [5.74, 6) is -0.807. The number of unbranched alkanes of at least 4 members (excludes halogenated alkanes) is 1. The van der Waals surface area contributed by atoms with E-state index in [9.17, 15) is 4.79 Å². The summed E-state index contributed by atoms with van der Waals surface area (Å²) in [6.45, 7) is 4.35. The molecule has 0 fully saturated rings. The first kappa shape index (κ1) is 9.17. The SMILES string of the molecule is C=CCCCNCC(=O)O. The number of carboxylic acid groups (broad SMARTS) is 1. The Balaban J connectivity index is 2.90. The fraction of sp³-hybridized carbons (Fsp3) is 0.571. The average Bonchev–Trinajstić information content (AvgIpc) is 1.87. The minimum Gasteiger partial charge on any atom is -0.480 e. The number of carbonyl (C=O) groups is 1. The van der Waals surface area contributed by atoms with Crippen LogP contribution in [0.5, 0.6) is 0 Å². The summed E-state index contributed by atoms with van der Waals surface area (Å²) in [5.41, 5.74) is 0. The molecule has 0 aliphatic rings. The van der Waals surface area contributed by atoms with Gasteiger partial charge >= 0.3 is 5.97 Å². The van der Waals surface area contributed by atoms with E-state index in [0.29, 0.717) is 0 Å². The molecule has 0 bridgehead atoms. The molecule has 3 nitrogen and oxygen atoms in total. The lowest BCUT2D eigenvalue weighted by Gasteiger charge is -1.97. The minimum atomic E-state index is -0.807. The molecule has 0 radical (unpaired) electrons. The van der Waals surface area contributed by atoms with Gasteiger partial charge in [0.15, 0.2) is 0 Å². The summed E-state index contributed by atoms with van der Waals surface area (Å²) >= 11 is 0. The second-order valence-electron chi connectivity index (χ2n) is 2.00. The maximum absolute atomic E-state index is 9.95. The molecule has 0 atom stereocenters. The predicted octanol–water partition coefficient (Wildman–Crippen LogP) is 0.627. The van der Waals surface area contributed by atoms with Crippen molar-refractivity contribution in [3.63, 3.8) is 0 Å². The molecule has 0 rings (SSSR count). The highest BCUT2D eigenvalue weighted by molar-refractivity contribution is 5.68. The van der Waals surface area contributed by atoms with Crippen LogP contribution in [0, 0.1) is 0 Å². The van der Waals surface area contributed by atoms with Crippen molar-refractivity contribution in [2.24, 2.45) is 0 Å². The quantitative estimate of drug-likeness (QED) is 0.423. The first-order valence-corrected chi connectivity index (χ1v) is 3.30. The molecule has 0 aromatic carbocycles. The van der Waals surface area contributed by atoms with Crippen molar-refractivity contribution >= 4 is 5.97 Å². The summed E-state index contributed by atoms with van der Waals surface area (Å²) in [7, 11) is 0. The van der Waals surface area contributed by atoms with Crippen LogP contribution >= 0.6 is 0 Å². The van der Waals surface area contributed by atoms with Gasteiger partial charge in [-0.2, -0.15) is 0 Å². The Morgan fingerprint density at radius 2 is 2.40 bits per heavy atom. The smallest absolute Gasteiger partial charge is 0.317 e. The number of hydrogen-bond donors (Lipinski definition) is 2. The number of rotatable bonds is 6. The number of carboxylic acids is 1. The third-order valence-electron chi connectivity index (χ3n) is 1.04. The van der Waals surface area contributed by atoms with Gasteiger partial charge in [0.05, 0.1) is 6.54 Å². The van der Waals surface area contributed by atoms with Gasteiger partial charge in [0.25, 0.3) is 0 Å². The molecule has 0 spiro atoms. The molecular formula is C7H13NO2. The molecule has 0 aliphatic heterocycles. The van der Waals surface area contributed by atoms with Gasteiger partial charge in [-0.1, -0.05) is 6.08 Å². The van der Waals surface area contributed by atoms with Crippen molar-refractivity contribution < 1.29 is 9.90 Å². The normalized spacial score (nSPS) is 9.20. The highest BCUT2D eigenvalue weighted by Crippen LogP contribution is 1.84. The molecule has 0 aromatic heterocycles. The number of aliphatic carboxylic acids is 1. The molecule has 3 heteroatoms. The van der Waals surface area contributed by atoms with Gasteiger partial charge in [0.2, 0.25) is 0 Å². The van der Waals surface area contributed by atoms with E-state index in [1.54, 1.807) is 0 Å². The third kappa shape index (κ3) is 7.17. The van der Waals surface area contributed by atoms with Crippen molar-refractivity contribution in [2.75, 3.05) is 13.1 Å². The Kier molecular flexibility index (Phi) is 5.77. The van der Waals surface area contributed by atoms with Crippen LogP contribution < -0.4 is 5.32 Å². The zero-order valence-electron chi connectivity index (χ0n) is 5.97. The van der Waals surface area contributed by atoms with E-state index < -0.39 is 5.97 Å². The van der Waals surface area contributed by atoms with Crippen molar-refractivity contribution in [3.05, 3.63) is 12.7 Å².